The Bertz CT molecular complexity index is 2410. The van der Waals surface area contributed by atoms with Gasteiger partial charge in [0.2, 0.25) is 5.91 Å². The number of nitrogens with one attached hydrogen (secondary N) is 2. The van der Waals surface area contributed by atoms with Crippen molar-refractivity contribution in [3.8, 4) is 22.5 Å². The maximum atomic E-state index is 14.7. The molecule has 1 spiro atoms. The van der Waals surface area contributed by atoms with E-state index in [-0.39, 0.29) is 42.5 Å². The number of pyridine rings is 1. The molecule has 1 aromatic carbocycles. The summed E-state index contributed by atoms with van der Waals surface area (Å²) in [7, 11) is 5.47. The Hall–Kier alpha value is -4.90. The fourth-order valence-corrected chi connectivity index (χ4v) is 11.0. The predicted molar refractivity (Wildman–Crippen MR) is 247 cm³/mol. The van der Waals surface area contributed by atoms with E-state index in [0.29, 0.717) is 43.9 Å². The number of rotatable bonds is 8. The normalized spacial score (nSPS) is 22.3. The van der Waals surface area contributed by atoms with Crippen molar-refractivity contribution >= 4 is 46.1 Å². The van der Waals surface area contributed by atoms with Crippen LogP contribution in [0.15, 0.2) is 41.9 Å². The number of aromatic nitrogens is 3. The van der Waals surface area contributed by atoms with Crippen LogP contribution in [-0.4, -0.2) is 136 Å². The average molecular weight is 896 g/mol. The molecular weight excluding hydrogens is 831 g/mol. The molecule has 3 fully saturated rings. The highest BCUT2D eigenvalue weighted by molar-refractivity contribution is 7.10. The molecule has 2 N–H and O–H groups in total. The second-order valence-electron chi connectivity index (χ2n) is 19.5. The minimum absolute atomic E-state index is 0.117. The van der Waals surface area contributed by atoms with E-state index >= 15 is 0 Å². The van der Waals surface area contributed by atoms with Crippen molar-refractivity contribution in [2.45, 2.75) is 116 Å². The molecule has 3 aliphatic heterocycles. The van der Waals surface area contributed by atoms with Gasteiger partial charge in [0.05, 0.1) is 40.3 Å². The maximum absolute atomic E-state index is 14.7. The summed E-state index contributed by atoms with van der Waals surface area (Å²) in [5.41, 5.74) is 9.24. The molecule has 15 nitrogen and oxygen atoms in total. The van der Waals surface area contributed by atoms with Crippen molar-refractivity contribution < 1.29 is 28.7 Å². The number of nitrogens with zero attached hydrogens (tertiary/aromatic N) is 7. The summed E-state index contributed by atoms with van der Waals surface area (Å²) < 4.78 is 14.3. The largest absolute Gasteiger partial charge is 0.464 e. The number of carbonyl (C=O) groups excluding carboxylic acids is 4. The molecule has 2 saturated heterocycles. The lowest BCUT2D eigenvalue weighted by molar-refractivity contribution is -0.155. The summed E-state index contributed by atoms with van der Waals surface area (Å²) in [6, 6.07) is 7.69. The van der Waals surface area contributed by atoms with Gasteiger partial charge in [-0.3, -0.25) is 24.4 Å². The quantitative estimate of drug-likeness (QED) is 0.200. The Balaban J connectivity index is 1.17. The molecule has 64 heavy (non-hydrogen) atoms. The van der Waals surface area contributed by atoms with E-state index in [1.54, 1.807) is 25.3 Å². The minimum Gasteiger partial charge on any atom is -0.464 e. The number of methoxy groups -OCH3 is 1. The van der Waals surface area contributed by atoms with E-state index in [1.807, 2.05) is 37.1 Å². The first-order valence-corrected chi connectivity index (χ1v) is 23.8. The van der Waals surface area contributed by atoms with E-state index in [9.17, 15) is 19.2 Å². The highest BCUT2D eigenvalue weighted by Gasteiger charge is 2.54. The zero-order valence-electron chi connectivity index (χ0n) is 38.9. The summed E-state index contributed by atoms with van der Waals surface area (Å²) in [6.07, 6.45) is 5.21. The number of cyclic esters (lactones) is 1. The number of thiazole rings is 1. The van der Waals surface area contributed by atoms with Crippen LogP contribution in [0, 0.1) is 11.3 Å². The molecule has 16 heteroatoms. The topological polar surface area (TPSA) is 154 Å². The van der Waals surface area contributed by atoms with Crippen molar-refractivity contribution in [3.05, 3.63) is 58.2 Å². The number of carbonyl (C=O) groups is 4. The van der Waals surface area contributed by atoms with E-state index in [2.05, 4.69) is 72.3 Å². The van der Waals surface area contributed by atoms with Gasteiger partial charge in [-0.2, -0.15) is 0 Å². The highest BCUT2D eigenvalue weighted by Crippen LogP contribution is 2.45. The van der Waals surface area contributed by atoms with Crippen LogP contribution in [0.1, 0.15) is 89.6 Å². The number of hydrogen-bond donors (Lipinski definition) is 2. The van der Waals surface area contributed by atoms with Crippen LogP contribution in [-0.2, 0) is 43.2 Å². The Morgan fingerprint density at radius 3 is 2.62 bits per heavy atom. The van der Waals surface area contributed by atoms with Crippen molar-refractivity contribution in [3.63, 3.8) is 0 Å². The number of urea groups is 1. The monoisotopic (exact) mass is 895 g/mol. The van der Waals surface area contributed by atoms with Crippen LogP contribution in [0.4, 0.5) is 4.79 Å². The average Bonchev–Trinajstić information content (AvgIpc) is 3.74. The van der Waals surface area contributed by atoms with E-state index in [0.717, 1.165) is 70.6 Å². The second kappa shape index (κ2) is 18.2. The number of esters is 1. The number of piperazine rings is 1. The van der Waals surface area contributed by atoms with Crippen LogP contribution < -0.4 is 10.7 Å². The number of amides is 4. The number of hydrogen-bond acceptors (Lipinski definition) is 11. The summed E-state index contributed by atoms with van der Waals surface area (Å²) in [4.78, 5) is 73.0. The Kier molecular flexibility index (Phi) is 13.0. The SMILES string of the molecule is CCn1c(-c2cccnc2[C@H](C)OC)c2c3cc(ccc31)-c1csc(n1)C[C@H](NC(=O)[C@H](C(C)C)N(C)C(=O)N1CCN(C)CC13CC3)C(=O)N1CCC[C@H](N1)C(=O)OCC(C)(C)C2. The standard InChI is InChI=1S/C48H65N9O6S/c1-10-55-38-16-15-31-23-33(38)34(42(55)32-13-11-19-49-40(32)30(4)62-9)25-47(5,6)28-63-45(60)35-14-12-20-57(52-35)44(59)36(24-39-50-37(31)26-64-39)51-43(58)41(29(2)3)54(8)46(61)56-22-21-53(7)27-48(56)17-18-48/h11,13,15-16,19,23,26,29-30,35-36,41,52H,10,12,14,17-18,20-22,24-25,27-28H2,1-9H3,(H,51,58)/t30-,35-,36-,41-/m0/s1. The van der Waals surface area contributed by atoms with Crippen LogP contribution in [0.25, 0.3) is 33.4 Å². The molecule has 1 saturated carbocycles. The van der Waals surface area contributed by atoms with Gasteiger partial charge in [0.1, 0.15) is 18.1 Å². The Labute approximate surface area is 380 Å². The zero-order valence-corrected chi connectivity index (χ0v) is 39.7. The second-order valence-corrected chi connectivity index (χ2v) is 20.4. The minimum atomic E-state index is -1.03. The maximum Gasteiger partial charge on any atom is 0.324 e. The van der Waals surface area contributed by atoms with E-state index in [1.165, 1.54) is 16.3 Å². The van der Waals surface area contributed by atoms with Gasteiger partial charge in [-0.05, 0) is 88.7 Å². The van der Waals surface area contributed by atoms with Crippen molar-refractivity contribution in [2.75, 3.05) is 54.0 Å². The lowest BCUT2D eigenvalue weighted by atomic mass is 9.84. The lowest BCUT2D eigenvalue weighted by Gasteiger charge is -2.44. The first-order valence-electron chi connectivity index (χ1n) is 22.9. The molecule has 0 radical (unpaired) electrons. The van der Waals surface area contributed by atoms with Gasteiger partial charge in [-0.1, -0.05) is 33.8 Å². The molecule has 6 bridgehead atoms. The lowest BCUT2D eigenvalue weighted by Crippen LogP contribution is -2.64. The van der Waals surface area contributed by atoms with Crippen molar-refractivity contribution in [1.29, 1.82) is 0 Å². The molecule has 4 amide bonds. The third-order valence-electron chi connectivity index (χ3n) is 13.7. The fraction of sp³-hybridized carbons (Fsp3) is 0.583. The van der Waals surface area contributed by atoms with Crippen molar-refractivity contribution in [1.82, 2.24) is 45.0 Å². The molecule has 344 valence electrons. The first-order chi connectivity index (χ1) is 30.5. The fourth-order valence-electron chi connectivity index (χ4n) is 10.1. The Morgan fingerprint density at radius 1 is 1.12 bits per heavy atom. The predicted octanol–water partition coefficient (Wildman–Crippen LogP) is 6.06. The Morgan fingerprint density at radius 2 is 1.91 bits per heavy atom. The molecule has 3 aromatic heterocycles. The summed E-state index contributed by atoms with van der Waals surface area (Å²) in [5, 5.41) is 8.28. The van der Waals surface area contributed by atoms with Gasteiger partial charge < -0.3 is 34.1 Å². The number of fused-ring (bicyclic) bond motifs is 6. The first kappa shape index (κ1) is 45.7. The van der Waals surface area contributed by atoms with E-state index in [4.69, 9.17) is 19.4 Å². The third kappa shape index (κ3) is 8.90. The van der Waals surface area contributed by atoms with E-state index < -0.39 is 35.4 Å². The zero-order chi connectivity index (χ0) is 45.7. The van der Waals surface area contributed by atoms with Gasteiger partial charge in [-0.15, -0.1) is 11.3 Å². The number of likely N-dealkylation sites (N-methyl/N-ethyl adjacent to an activating group) is 2. The molecule has 1 aliphatic carbocycles. The molecule has 8 rings (SSSR count). The number of hydrazine groups is 1. The smallest absolute Gasteiger partial charge is 0.324 e. The van der Waals surface area contributed by atoms with Gasteiger partial charge in [0.15, 0.2) is 0 Å². The van der Waals surface area contributed by atoms with Crippen molar-refractivity contribution in [2.24, 2.45) is 11.3 Å². The third-order valence-corrected chi connectivity index (χ3v) is 14.5. The highest BCUT2D eigenvalue weighted by atomic mass is 32.1. The van der Waals surface area contributed by atoms with Crippen LogP contribution in [0.3, 0.4) is 0 Å². The van der Waals surface area contributed by atoms with Gasteiger partial charge >= 0.3 is 12.0 Å². The molecule has 4 aliphatic rings. The number of ether oxygens (including phenoxy) is 2. The van der Waals surface area contributed by atoms with Crippen LogP contribution >= 0.6 is 11.3 Å². The van der Waals surface area contributed by atoms with Gasteiger partial charge in [-0.25, -0.2) is 15.2 Å². The summed E-state index contributed by atoms with van der Waals surface area (Å²) in [5.74, 6) is -1.47. The molecule has 6 heterocycles. The van der Waals surface area contributed by atoms with Gasteiger partial charge in [0.25, 0.3) is 5.91 Å². The van der Waals surface area contributed by atoms with Gasteiger partial charge in [0, 0.05) is 92.3 Å². The van der Waals surface area contributed by atoms with Crippen LogP contribution in [0.2, 0.25) is 0 Å². The molecule has 0 unspecified atom stereocenters. The summed E-state index contributed by atoms with van der Waals surface area (Å²) >= 11 is 1.44. The number of benzene rings is 1. The molecule has 4 atom stereocenters. The number of aryl methyl sites for hydroxylation is 1. The van der Waals surface area contributed by atoms with Crippen LogP contribution in [0.5, 0.6) is 0 Å². The molecule has 4 aromatic rings. The summed E-state index contributed by atoms with van der Waals surface area (Å²) in [6.45, 7) is 15.6. The molecular formula is C48H65N9O6S.